The molecule has 0 radical (unpaired) electrons. The Morgan fingerprint density at radius 3 is 2.57 bits per heavy atom. The fourth-order valence-corrected chi connectivity index (χ4v) is 1.73. The van der Waals surface area contributed by atoms with Crippen LogP contribution < -0.4 is 0 Å². The highest BCUT2D eigenvalue weighted by Crippen LogP contribution is 2.35. The number of alkyl halides is 3. The molecule has 0 nitrogen and oxygen atoms in total. The van der Waals surface area contributed by atoms with Gasteiger partial charge in [0.2, 0.25) is 0 Å². The molecule has 0 amide bonds. The molecule has 1 aromatic rings. The second-order valence-electron chi connectivity index (χ2n) is 3.47. The standard InChI is InChI=1S/C11H9F3/c1-7-5-8-3-2-4-9(8)6-10(7)11(12,13)14/h2-3,5-6H,4H2,1H3. The molecule has 1 aromatic carbocycles. The Balaban J connectivity index is 2.56. The van der Waals surface area contributed by atoms with E-state index in [1.165, 1.54) is 13.0 Å². The molecule has 0 aromatic heterocycles. The van der Waals surface area contributed by atoms with Gasteiger partial charge in [-0.15, -0.1) is 0 Å². The lowest BCUT2D eigenvalue weighted by Crippen LogP contribution is -2.08. The Bertz CT molecular complexity index is 400. The monoisotopic (exact) mass is 198 g/mol. The van der Waals surface area contributed by atoms with Crippen LogP contribution in [0.3, 0.4) is 0 Å². The van der Waals surface area contributed by atoms with E-state index in [-0.39, 0.29) is 0 Å². The Hall–Kier alpha value is -1.25. The van der Waals surface area contributed by atoms with Crippen molar-refractivity contribution in [1.29, 1.82) is 0 Å². The third-order valence-corrected chi connectivity index (χ3v) is 2.43. The first-order chi connectivity index (χ1) is 6.48. The quantitative estimate of drug-likeness (QED) is 0.597. The van der Waals surface area contributed by atoms with Gasteiger partial charge in [-0.3, -0.25) is 0 Å². The van der Waals surface area contributed by atoms with Crippen LogP contribution in [0.5, 0.6) is 0 Å². The molecular formula is C11H9F3. The van der Waals surface area contributed by atoms with Crippen LogP contribution in [0.25, 0.3) is 6.08 Å². The van der Waals surface area contributed by atoms with E-state index in [0.717, 1.165) is 11.1 Å². The second-order valence-corrected chi connectivity index (χ2v) is 3.47. The molecule has 1 aliphatic rings. The summed E-state index contributed by atoms with van der Waals surface area (Å²) in [5.41, 5.74) is 1.46. The molecular weight excluding hydrogens is 189 g/mol. The SMILES string of the molecule is Cc1cc2c(cc1C(F)(F)F)CC=C2. The smallest absolute Gasteiger partial charge is 0.166 e. The summed E-state index contributed by atoms with van der Waals surface area (Å²) in [6.07, 6.45) is 0.118. The van der Waals surface area contributed by atoms with Crippen LogP contribution in [-0.2, 0) is 12.6 Å². The minimum atomic E-state index is -4.23. The maximum Gasteiger partial charge on any atom is 0.416 e. The van der Waals surface area contributed by atoms with Gasteiger partial charge in [-0.25, -0.2) is 0 Å². The zero-order valence-electron chi connectivity index (χ0n) is 7.65. The maximum atomic E-state index is 12.5. The van der Waals surface area contributed by atoms with Gasteiger partial charge in [-0.1, -0.05) is 18.2 Å². The van der Waals surface area contributed by atoms with Crippen molar-refractivity contribution in [2.24, 2.45) is 0 Å². The molecule has 0 N–H and O–H groups in total. The lowest BCUT2D eigenvalue weighted by atomic mass is 10.0. The van der Waals surface area contributed by atoms with Gasteiger partial charge in [-0.2, -0.15) is 13.2 Å². The highest BCUT2D eigenvalue weighted by atomic mass is 19.4. The molecule has 0 fully saturated rings. The van der Waals surface area contributed by atoms with E-state index in [0.29, 0.717) is 12.0 Å². The molecule has 3 heteroatoms. The van der Waals surface area contributed by atoms with Crippen LogP contribution in [0.4, 0.5) is 13.2 Å². The molecule has 0 saturated carbocycles. The zero-order valence-corrected chi connectivity index (χ0v) is 7.65. The number of aryl methyl sites for hydroxylation is 1. The third kappa shape index (κ3) is 1.43. The minimum absolute atomic E-state index is 0.294. The molecule has 0 atom stereocenters. The number of benzene rings is 1. The highest BCUT2D eigenvalue weighted by Gasteiger charge is 2.33. The zero-order chi connectivity index (χ0) is 10.3. The van der Waals surface area contributed by atoms with Crippen LogP contribution >= 0.6 is 0 Å². The van der Waals surface area contributed by atoms with Gasteiger partial charge in [0.05, 0.1) is 5.56 Å². The Labute approximate surface area is 80.1 Å². The van der Waals surface area contributed by atoms with Crippen LogP contribution in [0.2, 0.25) is 0 Å². The van der Waals surface area contributed by atoms with E-state index in [2.05, 4.69) is 0 Å². The number of rotatable bonds is 0. The molecule has 1 aliphatic carbocycles. The largest absolute Gasteiger partial charge is 0.416 e. The average Bonchev–Trinajstić information content (AvgIpc) is 2.47. The molecule has 0 spiro atoms. The number of halogens is 3. The number of allylic oxidation sites excluding steroid dienone is 1. The molecule has 0 saturated heterocycles. The van der Waals surface area contributed by atoms with Crippen LogP contribution in [0.1, 0.15) is 22.3 Å². The van der Waals surface area contributed by atoms with Gasteiger partial charge in [0, 0.05) is 0 Å². The predicted octanol–water partition coefficient (Wildman–Crippen LogP) is 3.58. The second kappa shape index (κ2) is 2.87. The van der Waals surface area contributed by atoms with E-state index in [4.69, 9.17) is 0 Å². The minimum Gasteiger partial charge on any atom is -0.166 e. The Morgan fingerprint density at radius 2 is 1.93 bits per heavy atom. The van der Waals surface area contributed by atoms with Crippen LogP contribution in [0, 0.1) is 6.92 Å². The van der Waals surface area contributed by atoms with Crippen molar-refractivity contribution >= 4 is 6.08 Å². The first kappa shape index (κ1) is 9.31. The predicted molar refractivity (Wildman–Crippen MR) is 48.9 cm³/mol. The van der Waals surface area contributed by atoms with Crippen molar-refractivity contribution in [2.75, 3.05) is 0 Å². The third-order valence-electron chi connectivity index (χ3n) is 2.43. The number of fused-ring (bicyclic) bond motifs is 1. The Morgan fingerprint density at radius 1 is 1.21 bits per heavy atom. The summed E-state index contributed by atoms with van der Waals surface area (Å²) in [5.74, 6) is 0. The number of hydrogen-bond acceptors (Lipinski definition) is 0. The van der Waals surface area contributed by atoms with E-state index in [1.54, 1.807) is 6.07 Å². The Kier molecular flexibility index (Phi) is 1.91. The topological polar surface area (TPSA) is 0 Å². The average molecular weight is 198 g/mol. The first-order valence-corrected chi connectivity index (χ1v) is 4.36. The van der Waals surface area contributed by atoms with E-state index in [1.807, 2.05) is 12.2 Å². The molecule has 2 rings (SSSR count). The van der Waals surface area contributed by atoms with Crippen LogP contribution in [0.15, 0.2) is 18.2 Å². The number of hydrogen-bond donors (Lipinski definition) is 0. The van der Waals surface area contributed by atoms with Gasteiger partial charge >= 0.3 is 6.18 Å². The van der Waals surface area contributed by atoms with Gasteiger partial charge in [0.15, 0.2) is 0 Å². The first-order valence-electron chi connectivity index (χ1n) is 4.36. The fraction of sp³-hybridized carbons (Fsp3) is 0.273. The van der Waals surface area contributed by atoms with Gasteiger partial charge in [0.25, 0.3) is 0 Å². The van der Waals surface area contributed by atoms with E-state index >= 15 is 0 Å². The summed E-state index contributed by atoms with van der Waals surface area (Å²) in [4.78, 5) is 0. The van der Waals surface area contributed by atoms with Crippen molar-refractivity contribution in [2.45, 2.75) is 19.5 Å². The van der Waals surface area contributed by atoms with Crippen molar-refractivity contribution in [3.8, 4) is 0 Å². The summed E-state index contributed by atoms with van der Waals surface area (Å²) in [7, 11) is 0. The lowest BCUT2D eigenvalue weighted by Gasteiger charge is -2.12. The van der Waals surface area contributed by atoms with Gasteiger partial charge in [0.1, 0.15) is 0 Å². The van der Waals surface area contributed by atoms with E-state index < -0.39 is 11.7 Å². The fourth-order valence-electron chi connectivity index (χ4n) is 1.73. The van der Waals surface area contributed by atoms with Gasteiger partial charge < -0.3 is 0 Å². The summed E-state index contributed by atoms with van der Waals surface area (Å²) in [6, 6.07) is 2.85. The molecule has 74 valence electrons. The summed E-state index contributed by atoms with van der Waals surface area (Å²) >= 11 is 0. The van der Waals surface area contributed by atoms with Crippen molar-refractivity contribution < 1.29 is 13.2 Å². The summed E-state index contributed by atoms with van der Waals surface area (Å²) < 4.78 is 37.5. The van der Waals surface area contributed by atoms with Gasteiger partial charge in [-0.05, 0) is 36.1 Å². The van der Waals surface area contributed by atoms with Crippen molar-refractivity contribution in [3.63, 3.8) is 0 Å². The molecule has 0 unspecified atom stereocenters. The highest BCUT2D eigenvalue weighted by molar-refractivity contribution is 5.62. The summed E-state index contributed by atoms with van der Waals surface area (Å²) in [6.45, 7) is 1.50. The molecule has 0 bridgehead atoms. The molecule has 0 heterocycles. The normalized spacial score (nSPS) is 14.6. The van der Waals surface area contributed by atoms with Crippen molar-refractivity contribution in [1.82, 2.24) is 0 Å². The maximum absolute atomic E-state index is 12.5. The summed E-state index contributed by atoms with van der Waals surface area (Å²) in [5, 5.41) is 0. The van der Waals surface area contributed by atoms with E-state index in [9.17, 15) is 13.2 Å². The lowest BCUT2D eigenvalue weighted by molar-refractivity contribution is -0.138. The molecule has 0 aliphatic heterocycles. The molecule has 14 heavy (non-hydrogen) atoms. The van der Waals surface area contributed by atoms with Crippen molar-refractivity contribution in [3.05, 3.63) is 40.5 Å². The van der Waals surface area contributed by atoms with Crippen LogP contribution in [-0.4, -0.2) is 0 Å².